The number of carbonyl (C=O) groups is 4. The summed E-state index contributed by atoms with van der Waals surface area (Å²) in [7, 11) is 0. The van der Waals surface area contributed by atoms with Gasteiger partial charge in [-0.25, -0.2) is 4.79 Å². The maximum atomic E-state index is 12.5. The van der Waals surface area contributed by atoms with E-state index in [1.807, 2.05) is 32.0 Å². The number of rotatable bonds is 7. The van der Waals surface area contributed by atoms with Crippen molar-refractivity contribution in [2.45, 2.75) is 27.2 Å². The summed E-state index contributed by atoms with van der Waals surface area (Å²) in [5.74, 6) is -2.31. The highest BCUT2D eigenvalue weighted by atomic mass is 16.5. The first-order valence-electron chi connectivity index (χ1n) is 10.4. The van der Waals surface area contributed by atoms with E-state index in [4.69, 9.17) is 9.47 Å². The summed E-state index contributed by atoms with van der Waals surface area (Å²) in [6.07, 6.45) is 0.0452. The molecular formula is C24H26N2O6. The minimum absolute atomic E-state index is 0.0452. The Morgan fingerprint density at radius 3 is 2.31 bits per heavy atom. The van der Waals surface area contributed by atoms with Gasteiger partial charge >= 0.3 is 11.9 Å². The summed E-state index contributed by atoms with van der Waals surface area (Å²) in [6.45, 7) is 5.59. The van der Waals surface area contributed by atoms with E-state index in [0.717, 1.165) is 16.8 Å². The molecule has 1 aliphatic heterocycles. The average molecular weight is 438 g/mol. The Balaban J connectivity index is 1.52. The molecular weight excluding hydrogens is 412 g/mol. The van der Waals surface area contributed by atoms with Crippen molar-refractivity contribution in [2.75, 3.05) is 30.0 Å². The first-order chi connectivity index (χ1) is 15.3. The van der Waals surface area contributed by atoms with Crippen LogP contribution in [-0.2, 0) is 23.9 Å². The quantitative estimate of drug-likeness (QED) is 0.667. The van der Waals surface area contributed by atoms with Gasteiger partial charge in [-0.3, -0.25) is 14.4 Å². The minimum Gasteiger partial charge on any atom is -0.462 e. The van der Waals surface area contributed by atoms with E-state index in [9.17, 15) is 19.2 Å². The Hall–Kier alpha value is -3.68. The van der Waals surface area contributed by atoms with E-state index < -0.39 is 30.4 Å². The number of hydrogen-bond donors (Lipinski definition) is 1. The highest BCUT2D eigenvalue weighted by Crippen LogP contribution is 2.31. The molecule has 2 aromatic rings. The van der Waals surface area contributed by atoms with Gasteiger partial charge in [0, 0.05) is 24.3 Å². The number of para-hydroxylation sites is 1. The molecule has 1 atom stereocenters. The lowest BCUT2D eigenvalue weighted by Gasteiger charge is -2.21. The fourth-order valence-corrected chi connectivity index (χ4v) is 3.67. The molecule has 8 heteroatoms. The van der Waals surface area contributed by atoms with Gasteiger partial charge in [-0.1, -0.05) is 18.2 Å². The maximum Gasteiger partial charge on any atom is 0.338 e. The van der Waals surface area contributed by atoms with Crippen LogP contribution in [0.1, 0.15) is 34.8 Å². The molecule has 0 aromatic heterocycles. The van der Waals surface area contributed by atoms with Crippen molar-refractivity contribution < 1.29 is 28.7 Å². The molecule has 0 radical (unpaired) electrons. The fraction of sp³-hybridized carbons (Fsp3) is 0.333. The Morgan fingerprint density at radius 1 is 1.03 bits per heavy atom. The Bertz CT molecular complexity index is 1010. The molecule has 0 unspecified atom stereocenters. The van der Waals surface area contributed by atoms with E-state index in [2.05, 4.69) is 5.32 Å². The normalized spacial score (nSPS) is 15.4. The lowest BCUT2D eigenvalue weighted by Crippen LogP contribution is -2.29. The minimum atomic E-state index is -0.627. The van der Waals surface area contributed by atoms with Gasteiger partial charge in [-0.2, -0.15) is 0 Å². The SMILES string of the molecule is CCOC(=O)c1ccc(NC(=O)COC(=O)[C@@H]2CC(=O)N(c3c(C)cccc3C)C2)cc1. The number of amides is 2. The second-order valence-corrected chi connectivity index (χ2v) is 7.60. The van der Waals surface area contributed by atoms with Crippen molar-refractivity contribution in [2.24, 2.45) is 5.92 Å². The molecule has 8 nitrogen and oxygen atoms in total. The molecule has 1 heterocycles. The molecule has 0 bridgehead atoms. The number of nitrogens with zero attached hydrogens (tertiary/aromatic N) is 1. The lowest BCUT2D eigenvalue weighted by molar-refractivity contribution is -0.151. The Morgan fingerprint density at radius 2 is 1.69 bits per heavy atom. The molecule has 1 N–H and O–H groups in total. The predicted molar refractivity (Wildman–Crippen MR) is 118 cm³/mol. The maximum absolute atomic E-state index is 12.5. The molecule has 0 spiro atoms. The van der Waals surface area contributed by atoms with Crippen LogP contribution < -0.4 is 10.2 Å². The first-order valence-corrected chi connectivity index (χ1v) is 10.4. The van der Waals surface area contributed by atoms with Crippen molar-refractivity contribution >= 4 is 35.1 Å². The number of carbonyl (C=O) groups excluding carboxylic acids is 4. The highest BCUT2D eigenvalue weighted by Gasteiger charge is 2.37. The van der Waals surface area contributed by atoms with E-state index in [-0.39, 0.29) is 25.5 Å². The van der Waals surface area contributed by atoms with Gasteiger partial charge in [0.2, 0.25) is 5.91 Å². The van der Waals surface area contributed by atoms with Gasteiger partial charge in [0.05, 0.1) is 18.1 Å². The summed E-state index contributed by atoms with van der Waals surface area (Å²) in [6, 6.07) is 11.9. The van der Waals surface area contributed by atoms with Gasteiger partial charge in [-0.05, 0) is 56.2 Å². The smallest absolute Gasteiger partial charge is 0.338 e. The van der Waals surface area contributed by atoms with Crippen LogP contribution in [0.2, 0.25) is 0 Å². The van der Waals surface area contributed by atoms with Crippen LogP contribution >= 0.6 is 0 Å². The van der Waals surface area contributed by atoms with Crippen LogP contribution in [0.3, 0.4) is 0 Å². The van der Waals surface area contributed by atoms with Crippen LogP contribution in [0.5, 0.6) is 0 Å². The van der Waals surface area contributed by atoms with E-state index >= 15 is 0 Å². The van der Waals surface area contributed by atoms with Gasteiger partial charge in [-0.15, -0.1) is 0 Å². The summed E-state index contributed by atoms with van der Waals surface area (Å²) >= 11 is 0. The van der Waals surface area contributed by atoms with Crippen molar-refractivity contribution in [1.29, 1.82) is 0 Å². The Kier molecular flexibility index (Phi) is 7.25. The van der Waals surface area contributed by atoms with Gasteiger partial charge in [0.25, 0.3) is 5.91 Å². The number of ether oxygens (including phenoxy) is 2. The van der Waals surface area contributed by atoms with Crippen LogP contribution in [0.4, 0.5) is 11.4 Å². The first kappa shape index (κ1) is 23.0. The molecule has 3 rings (SSSR count). The van der Waals surface area contributed by atoms with E-state index in [0.29, 0.717) is 11.3 Å². The highest BCUT2D eigenvalue weighted by molar-refractivity contribution is 6.01. The van der Waals surface area contributed by atoms with Crippen LogP contribution in [-0.4, -0.2) is 43.5 Å². The zero-order valence-electron chi connectivity index (χ0n) is 18.3. The predicted octanol–water partition coefficient (Wildman–Crippen LogP) is 3.01. The summed E-state index contributed by atoms with van der Waals surface area (Å²) in [4.78, 5) is 50.3. The molecule has 0 aliphatic carbocycles. The number of nitrogens with one attached hydrogen (secondary N) is 1. The van der Waals surface area contributed by atoms with Gasteiger partial charge in [0.1, 0.15) is 0 Å². The van der Waals surface area contributed by atoms with E-state index in [1.54, 1.807) is 24.0 Å². The molecule has 2 aromatic carbocycles. The zero-order valence-corrected chi connectivity index (χ0v) is 18.3. The summed E-state index contributed by atoms with van der Waals surface area (Å²) in [5, 5.41) is 2.60. The molecule has 1 saturated heterocycles. The number of hydrogen-bond acceptors (Lipinski definition) is 6. The van der Waals surface area contributed by atoms with Crippen molar-refractivity contribution in [1.82, 2.24) is 0 Å². The topological polar surface area (TPSA) is 102 Å². The summed E-state index contributed by atoms with van der Waals surface area (Å²) < 4.78 is 10.1. The largest absolute Gasteiger partial charge is 0.462 e. The van der Waals surface area contributed by atoms with Crippen molar-refractivity contribution in [3.63, 3.8) is 0 Å². The number of esters is 2. The zero-order chi connectivity index (χ0) is 23.3. The molecule has 1 aliphatic rings. The summed E-state index contributed by atoms with van der Waals surface area (Å²) in [5.41, 5.74) is 3.56. The Labute approximate surface area is 186 Å². The monoisotopic (exact) mass is 438 g/mol. The van der Waals surface area contributed by atoms with Gasteiger partial charge < -0.3 is 19.7 Å². The lowest BCUT2D eigenvalue weighted by atomic mass is 10.1. The molecule has 168 valence electrons. The van der Waals surface area contributed by atoms with E-state index in [1.165, 1.54) is 12.1 Å². The standard InChI is InChI=1S/C24H26N2O6/c1-4-31-23(29)17-8-10-19(11-9-17)25-20(27)14-32-24(30)18-12-21(28)26(13-18)22-15(2)6-5-7-16(22)3/h5-11,18H,4,12-14H2,1-3H3,(H,25,27)/t18-/m1/s1. The fourth-order valence-electron chi connectivity index (χ4n) is 3.67. The average Bonchev–Trinajstić information content (AvgIpc) is 3.14. The van der Waals surface area contributed by atoms with Crippen LogP contribution in [0, 0.1) is 19.8 Å². The third-order valence-corrected chi connectivity index (χ3v) is 5.19. The van der Waals surface area contributed by atoms with Gasteiger partial charge in [0.15, 0.2) is 6.61 Å². The number of anilines is 2. The molecule has 32 heavy (non-hydrogen) atoms. The van der Waals surface area contributed by atoms with Crippen LogP contribution in [0.25, 0.3) is 0 Å². The van der Waals surface area contributed by atoms with Crippen LogP contribution in [0.15, 0.2) is 42.5 Å². The second kappa shape index (κ2) is 10.1. The second-order valence-electron chi connectivity index (χ2n) is 7.60. The van der Waals surface area contributed by atoms with Crippen molar-refractivity contribution in [3.8, 4) is 0 Å². The third-order valence-electron chi connectivity index (χ3n) is 5.19. The third kappa shape index (κ3) is 5.32. The molecule has 2 amide bonds. The molecule has 0 saturated carbocycles. The number of aryl methyl sites for hydroxylation is 2. The molecule has 1 fully saturated rings. The van der Waals surface area contributed by atoms with Crippen molar-refractivity contribution in [3.05, 3.63) is 59.2 Å². The number of benzene rings is 2.